The Bertz CT molecular complexity index is 924. The number of aliphatic hydroxyl groups is 1. The highest BCUT2D eigenvalue weighted by Gasteiger charge is 2.11. The molecule has 2 heterocycles. The SMILES string of the molecule is CC(=O)c1ccc(Cn2ccc(C(O)=CC(=O)c3nn[nH]n3)c2)cc1. The summed E-state index contributed by atoms with van der Waals surface area (Å²) >= 11 is 0. The number of aliphatic hydroxyl groups excluding tert-OH is 1. The van der Waals surface area contributed by atoms with Crippen LogP contribution >= 0.6 is 0 Å². The molecule has 0 aliphatic heterocycles. The molecule has 0 spiro atoms. The number of ketones is 2. The van der Waals surface area contributed by atoms with E-state index in [0.29, 0.717) is 17.7 Å². The zero-order valence-electron chi connectivity index (χ0n) is 13.4. The van der Waals surface area contributed by atoms with Crippen molar-refractivity contribution < 1.29 is 14.7 Å². The number of aromatic amines is 1. The summed E-state index contributed by atoms with van der Waals surface area (Å²) in [6.45, 7) is 2.10. The molecule has 126 valence electrons. The van der Waals surface area contributed by atoms with E-state index >= 15 is 0 Å². The highest BCUT2D eigenvalue weighted by molar-refractivity contribution is 6.05. The summed E-state index contributed by atoms with van der Waals surface area (Å²) in [5.41, 5.74) is 2.17. The van der Waals surface area contributed by atoms with Gasteiger partial charge in [0.25, 0.3) is 0 Å². The largest absolute Gasteiger partial charge is 0.507 e. The number of H-pyrrole nitrogens is 1. The maximum absolute atomic E-state index is 11.8. The van der Waals surface area contributed by atoms with Crippen molar-refractivity contribution in [2.75, 3.05) is 0 Å². The van der Waals surface area contributed by atoms with Crippen LogP contribution in [0.15, 0.2) is 48.8 Å². The van der Waals surface area contributed by atoms with Gasteiger partial charge in [-0.1, -0.05) is 24.3 Å². The van der Waals surface area contributed by atoms with Gasteiger partial charge in [-0.05, 0) is 23.8 Å². The Labute approximate surface area is 142 Å². The first kappa shape index (κ1) is 16.3. The highest BCUT2D eigenvalue weighted by atomic mass is 16.3. The Morgan fingerprint density at radius 1 is 1.20 bits per heavy atom. The maximum atomic E-state index is 11.8. The van der Waals surface area contributed by atoms with Crippen LogP contribution in [-0.2, 0) is 6.54 Å². The van der Waals surface area contributed by atoms with Crippen molar-refractivity contribution in [3.63, 3.8) is 0 Å². The van der Waals surface area contributed by atoms with E-state index in [9.17, 15) is 14.7 Å². The van der Waals surface area contributed by atoms with Gasteiger partial charge in [0.15, 0.2) is 5.78 Å². The monoisotopic (exact) mass is 337 g/mol. The van der Waals surface area contributed by atoms with Crippen molar-refractivity contribution in [3.05, 3.63) is 71.3 Å². The van der Waals surface area contributed by atoms with Gasteiger partial charge in [-0.2, -0.15) is 5.21 Å². The molecule has 0 saturated carbocycles. The molecule has 2 aromatic heterocycles. The van der Waals surface area contributed by atoms with Crippen LogP contribution in [0.25, 0.3) is 5.76 Å². The first-order chi connectivity index (χ1) is 12.0. The minimum Gasteiger partial charge on any atom is -0.507 e. The topological polar surface area (TPSA) is 114 Å². The molecule has 3 rings (SSSR count). The maximum Gasteiger partial charge on any atom is 0.244 e. The zero-order chi connectivity index (χ0) is 17.8. The first-order valence-electron chi connectivity index (χ1n) is 7.47. The van der Waals surface area contributed by atoms with Crippen LogP contribution in [0.1, 0.15) is 39.0 Å². The lowest BCUT2D eigenvalue weighted by atomic mass is 10.1. The number of hydrogen-bond donors (Lipinski definition) is 2. The molecular formula is C17H15N5O3. The van der Waals surface area contributed by atoms with Gasteiger partial charge in [-0.25, -0.2) is 0 Å². The molecule has 0 radical (unpaired) electrons. The van der Waals surface area contributed by atoms with Gasteiger partial charge in [-0.3, -0.25) is 9.59 Å². The molecular weight excluding hydrogens is 322 g/mol. The number of carbonyl (C=O) groups is 2. The lowest BCUT2D eigenvalue weighted by Gasteiger charge is -2.04. The third kappa shape index (κ3) is 3.86. The quantitative estimate of drug-likeness (QED) is 0.404. The molecule has 25 heavy (non-hydrogen) atoms. The second-order valence-electron chi connectivity index (χ2n) is 5.45. The number of rotatable bonds is 6. The number of tetrazole rings is 1. The number of Topliss-reactive ketones (excluding diaryl/α,β-unsaturated/α-hetero) is 1. The van der Waals surface area contributed by atoms with Gasteiger partial charge in [0.1, 0.15) is 5.76 Å². The van der Waals surface area contributed by atoms with E-state index in [4.69, 9.17) is 0 Å². The van der Waals surface area contributed by atoms with Crippen molar-refractivity contribution in [2.24, 2.45) is 0 Å². The number of nitrogens with one attached hydrogen (secondary N) is 1. The van der Waals surface area contributed by atoms with Crippen molar-refractivity contribution in [3.8, 4) is 0 Å². The fourth-order valence-electron chi connectivity index (χ4n) is 2.28. The van der Waals surface area contributed by atoms with Crippen molar-refractivity contribution in [1.29, 1.82) is 0 Å². The third-order valence-corrected chi connectivity index (χ3v) is 3.61. The summed E-state index contributed by atoms with van der Waals surface area (Å²) in [4.78, 5) is 23.1. The molecule has 2 N–H and O–H groups in total. The number of nitrogens with zero attached hydrogens (tertiary/aromatic N) is 4. The van der Waals surface area contributed by atoms with E-state index in [0.717, 1.165) is 11.6 Å². The van der Waals surface area contributed by atoms with Crippen molar-refractivity contribution in [2.45, 2.75) is 13.5 Å². The molecule has 0 aliphatic rings. The molecule has 0 bridgehead atoms. The number of hydrogen-bond acceptors (Lipinski definition) is 6. The van der Waals surface area contributed by atoms with Gasteiger partial charge in [0, 0.05) is 36.1 Å². The Hall–Kier alpha value is -3.55. The fraction of sp³-hybridized carbons (Fsp3) is 0.118. The molecule has 0 fully saturated rings. The van der Waals surface area contributed by atoms with Crippen LogP contribution in [0.2, 0.25) is 0 Å². The summed E-state index contributed by atoms with van der Waals surface area (Å²) in [5.74, 6) is -0.813. The van der Waals surface area contributed by atoms with Gasteiger partial charge >= 0.3 is 0 Å². The summed E-state index contributed by atoms with van der Waals surface area (Å²) in [6.07, 6.45) is 4.55. The molecule has 3 aromatic rings. The van der Waals surface area contributed by atoms with Crippen LogP contribution in [0.5, 0.6) is 0 Å². The predicted molar refractivity (Wildman–Crippen MR) is 89.1 cm³/mol. The lowest BCUT2D eigenvalue weighted by molar-refractivity contribution is 0.101. The molecule has 0 atom stereocenters. The average molecular weight is 337 g/mol. The van der Waals surface area contributed by atoms with Gasteiger partial charge in [0.05, 0.1) is 0 Å². The minimum atomic E-state index is -0.543. The second kappa shape index (κ2) is 6.91. The van der Waals surface area contributed by atoms with Crippen LogP contribution in [0, 0.1) is 0 Å². The number of benzene rings is 1. The summed E-state index contributed by atoms with van der Waals surface area (Å²) in [6, 6.07) is 9.02. The standard InChI is InChI=1S/C17H15N5O3/c1-11(23)13-4-2-12(3-5-13)9-22-7-6-14(10-22)15(24)8-16(25)17-18-20-21-19-17/h2-8,10,24H,9H2,1H3,(H,18,19,20,21). The third-order valence-electron chi connectivity index (χ3n) is 3.61. The van der Waals surface area contributed by atoms with Gasteiger partial charge < -0.3 is 9.67 Å². The van der Waals surface area contributed by atoms with Crippen molar-refractivity contribution >= 4 is 17.3 Å². The molecule has 1 aromatic carbocycles. The van der Waals surface area contributed by atoms with E-state index in [-0.39, 0.29) is 17.4 Å². The van der Waals surface area contributed by atoms with E-state index < -0.39 is 5.78 Å². The van der Waals surface area contributed by atoms with Crippen LogP contribution < -0.4 is 0 Å². The Morgan fingerprint density at radius 3 is 2.60 bits per heavy atom. The number of allylic oxidation sites excluding steroid dienone is 1. The number of aromatic nitrogens is 5. The smallest absolute Gasteiger partial charge is 0.244 e. The van der Waals surface area contributed by atoms with E-state index in [1.807, 2.05) is 16.7 Å². The fourth-order valence-corrected chi connectivity index (χ4v) is 2.28. The Balaban J connectivity index is 1.71. The molecule has 8 nitrogen and oxygen atoms in total. The average Bonchev–Trinajstić information content (AvgIpc) is 3.27. The molecule has 0 unspecified atom stereocenters. The Morgan fingerprint density at radius 2 is 1.96 bits per heavy atom. The molecule has 0 saturated heterocycles. The van der Waals surface area contributed by atoms with Crippen LogP contribution in [-0.4, -0.2) is 41.9 Å². The molecule has 0 amide bonds. The summed E-state index contributed by atoms with van der Waals surface area (Å²) < 4.78 is 1.86. The zero-order valence-corrected chi connectivity index (χ0v) is 13.4. The number of carbonyl (C=O) groups excluding carboxylic acids is 2. The van der Waals surface area contributed by atoms with Crippen molar-refractivity contribution in [1.82, 2.24) is 25.2 Å². The lowest BCUT2D eigenvalue weighted by Crippen LogP contribution is -2.00. The summed E-state index contributed by atoms with van der Waals surface area (Å²) in [7, 11) is 0. The normalized spacial score (nSPS) is 11.5. The van der Waals surface area contributed by atoms with E-state index in [2.05, 4.69) is 20.6 Å². The predicted octanol–water partition coefficient (Wildman–Crippen LogP) is 2.03. The highest BCUT2D eigenvalue weighted by Crippen LogP contribution is 2.14. The summed E-state index contributed by atoms with van der Waals surface area (Å²) in [5, 5.41) is 22.7. The second-order valence-corrected chi connectivity index (χ2v) is 5.45. The van der Waals surface area contributed by atoms with Crippen LogP contribution in [0.3, 0.4) is 0 Å². The molecule has 0 aliphatic carbocycles. The van der Waals surface area contributed by atoms with Gasteiger partial charge in [0.2, 0.25) is 11.6 Å². The van der Waals surface area contributed by atoms with E-state index in [1.165, 1.54) is 6.92 Å². The van der Waals surface area contributed by atoms with Gasteiger partial charge in [-0.15, -0.1) is 10.2 Å². The minimum absolute atomic E-state index is 0.0242. The first-order valence-corrected chi connectivity index (χ1v) is 7.47. The van der Waals surface area contributed by atoms with Crippen LogP contribution in [0.4, 0.5) is 0 Å². The molecule has 8 heteroatoms. The Kier molecular flexibility index (Phi) is 4.51. The van der Waals surface area contributed by atoms with E-state index in [1.54, 1.807) is 30.6 Å².